The van der Waals surface area contributed by atoms with Crippen molar-refractivity contribution in [1.82, 2.24) is 4.98 Å². The zero-order valence-electron chi connectivity index (χ0n) is 10.4. The first kappa shape index (κ1) is 11.7. The quantitative estimate of drug-likeness (QED) is 0.913. The molecule has 1 N–H and O–H groups in total. The van der Waals surface area contributed by atoms with E-state index in [9.17, 15) is 4.79 Å². The van der Waals surface area contributed by atoms with E-state index >= 15 is 0 Å². The highest BCUT2D eigenvalue weighted by atomic mass is 16.4. The van der Waals surface area contributed by atoms with Crippen LogP contribution in [-0.2, 0) is 13.0 Å². The fraction of sp³-hybridized carbons (Fsp3) is 0.200. The summed E-state index contributed by atoms with van der Waals surface area (Å²) in [5.41, 5.74) is 3.61. The zero-order chi connectivity index (χ0) is 13.2. The Hall–Kier alpha value is -2.36. The van der Waals surface area contributed by atoms with Gasteiger partial charge in [0.05, 0.1) is 17.8 Å². The summed E-state index contributed by atoms with van der Waals surface area (Å²) < 4.78 is 0. The molecule has 2 heterocycles. The maximum Gasteiger partial charge on any atom is 0.335 e. The minimum Gasteiger partial charge on any atom is -0.478 e. The molecule has 0 saturated carbocycles. The Morgan fingerprint density at radius 2 is 2.21 bits per heavy atom. The van der Waals surface area contributed by atoms with Gasteiger partial charge < -0.3 is 10.0 Å². The van der Waals surface area contributed by atoms with Gasteiger partial charge in [0.2, 0.25) is 0 Å². The summed E-state index contributed by atoms with van der Waals surface area (Å²) in [6.45, 7) is 1.68. The molecular weight excluding hydrogens is 240 g/mol. The molecule has 2 aromatic rings. The predicted molar refractivity (Wildman–Crippen MR) is 72.4 cm³/mol. The molecule has 0 atom stereocenters. The number of hydrogen-bond acceptors (Lipinski definition) is 3. The monoisotopic (exact) mass is 254 g/mol. The second-order valence-corrected chi connectivity index (χ2v) is 4.64. The van der Waals surface area contributed by atoms with Crippen LogP contribution in [0.5, 0.6) is 0 Å². The maximum absolute atomic E-state index is 10.9. The summed E-state index contributed by atoms with van der Waals surface area (Å²) in [5, 5.41) is 8.99. The van der Waals surface area contributed by atoms with Crippen LogP contribution in [0.15, 0.2) is 42.6 Å². The maximum atomic E-state index is 10.9. The molecule has 1 aromatic carbocycles. The average molecular weight is 254 g/mol. The van der Waals surface area contributed by atoms with Crippen molar-refractivity contribution in [2.75, 3.05) is 11.4 Å². The number of carboxylic acids is 1. The van der Waals surface area contributed by atoms with Crippen LogP contribution in [-0.4, -0.2) is 22.6 Å². The van der Waals surface area contributed by atoms with Crippen molar-refractivity contribution in [2.45, 2.75) is 13.0 Å². The Labute approximate surface area is 111 Å². The van der Waals surface area contributed by atoms with Gasteiger partial charge >= 0.3 is 5.97 Å². The molecule has 1 aliphatic heterocycles. The molecule has 4 nitrogen and oxygen atoms in total. The van der Waals surface area contributed by atoms with E-state index in [0.717, 1.165) is 36.5 Å². The molecule has 3 rings (SSSR count). The first-order valence-electron chi connectivity index (χ1n) is 6.25. The molecule has 0 bridgehead atoms. The molecule has 1 aromatic heterocycles. The highest BCUT2D eigenvalue weighted by molar-refractivity contribution is 5.88. The highest BCUT2D eigenvalue weighted by Crippen LogP contribution is 2.29. The third-order valence-corrected chi connectivity index (χ3v) is 3.40. The number of hydrogen-bond donors (Lipinski definition) is 1. The normalized spacial score (nSPS) is 13.4. The van der Waals surface area contributed by atoms with Crippen LogP contribution in [0, 0.1) is 0 Å². The van der Waals surface area contributed by atoms with E-state index in [2.05, 4.69) is 9.88 Å². The molecular formula is C15H14N2O2. The van der Waals surface area contributed by atoms with E-state index in [4.69, 9.17) is 5.11 Å². The van der Waals surface area contributed by atoms with Gasteiger partial charge in [-0.15, -0.1) is 0 Å². The molecule has 0 aliphatic carbocycles. The number of nitrogens with zero attached hydrogens (tertiary/aromatic N) is 2. The first-order chi connectivity index (χ1) is 9.24. The van der Waals surface area contributed by atoms with Gasteiger partial charge in [-0.1, -0.05) is 6.07 Å². The van der Waals surface area contributed by atoms with E-state index in [1.54, 1.807) is 18.3 Å². The van der Waals surface area contributed by atoms with Crippen molar-refractivity contribution in [3.63, 3.8) is 0 Å². The van der Waals surface area contributed by atoms with Crippen molar-refractivity contribution in [2.24, 2.45) is 0 Å². The lowest BCUT2D eigenvalue weighted by Gasteiger charge is -2.18. The number of aromatic nitrogens is 1. The molecule has 0 amide bonds. The van der Waals surface area contributed by atoms with Gasteiger partial charge in [0.1, 0.15) is 0 Å². The van der Waals surface area contributed by atoms with Crippen LogP contribution in [0.4, 0.5) is 5.69 Å². The van der Waals surface area contributed by atoms with Crippen molar-refractivity contribution >= 4 is 11.7 Å². The fourth-order valence-corrected chi connectivity index (χ4v) is 2.45. The van der Waals surface area contributed by atoms with E-state index < -0.39 is 5.97 Å². The molecule has 0 saturated heterocycles. The number of fused-ring (bicyclic) bond motifs is 1. The van der Waals surface area contributed by atoms with E-state index in [1.807, 2.05) is 24.3 Å². The second-order valence-electron chi connectivity index (χ2n) is 4.64. The Kier molecular flexibility index (Phi) is 2.91. The minimum absolute atomic E-state index is 0.360. The third-order valence-electron chi connectivity index (χ3n) is 3.40. The van der Waals surface area contributed by atoms with Crippen LogP contribution in [0.25, 0.3) is 0 Å². The van der Waals surface area contributed by atoms with Crippen LogP contribution < -0.4 is 4.90 Å². The lowest BCUT2D eigenvalue weighted by Crippen LogP contribution is -2.20. The van der Waals surface area contributed by atoms with Crippen molar-refractivity contribution < 1.29 is 9.90 Å². The third kappa shape index (κ3) is 2.29. The topological polar surface area (TPSA) is 53.4 Å². The van der Waals surface area contributed by atoms with Gasteiger partial charge in [-0.3, -0.25) is 4.98 Å². The number of carbonyl (C=O) groups is 1. The molecule has 19 heavy (non-hydrogen) atoms. The summed E-state index contributed by atoms with van der Waals surface area (Å²) in [6, 6.07) is 11.2. The summed E-state index contributed by atoms with van der Waals surface area (Å²) in [4.78, 5) is 17.5. The smallest absolute Gasteiger partial charge is 0.335 e. The Morgan fingerprint density at radius 1 is 1.32 bits per heavy atom. The predicted octanol–water partition coefficient (Wildman–Crippen LogP) is 2.34. The Bertz CT molecular complexity index is 611. The Balaban J connectivity index is 1.84. The van der Waals surface area contributed by atoms with Gasteiger partial charge in [0.15, 0.2) is 0 Å². The van der Waals surface area contributed by atoms with Crippen molar-refractivity contribution in [1.29, 1.82) is 0 Å². The van der Waals surface area contributed by atoms with Gasteiger partial charge in [-0.2, -0.15) is 0 Å². The zero-order valence-corrected chi connectivity index (χ0v) is 10.4. The van der Waals surface area contributed by atoms with Gasteiger partial charge in [0.25, 0.3) is 0 Å². The standard InChI is InChI=1S/C15H14N2O2/c18-15(19)12-4-5-14-11(9-12)6-8-17(14)10-13-3-1-2-7-16-13/h1-5,7,9H,6,8,10H2,(H,18,19). The Morgan fingerprint density at radius 3 is 2.95 bits per heavy atom. The number of aromatic carboxylic acids is 1. The van der Waals surface area contributed by atoms with Gasteiger partial charge in [-0.25, -0.2) is 4.79 Å². The van der Waals surface area contributed by atoms with Crippen LogP contribution in [0.1, 0.15) is 21.6 Å². The molecule has 1 aliphatic rings. The second kappa shape index (κ2) is 4.72. The number of anilines is 1. The summed E-state index contributed by atoms with van der Waals surface area (Å²) >= 11 is 0. The van der Waals surface area contributed by atoms with E-state index in [1.165, 1.54) is 0 Å². The van der Waals surface area contributed by atoms with Crippen molar-refractivity contribution in [3.05, 3.63) is 59.4 Å². The highest BCUT2D eigenvalue weighted by Gasteiger charge is 2.20. The minimum atomic E-state index is -0.869. The van der Waals surface area contributed by atoms with E-state index in [0.29, 0.717) is 5.56 Å². The van der Waals surface area contributed by atoms with Crippen LogP contribution in [0.3, 0.4) is 0 Å². The lowest BCUT2D eigenvalue weighted by atomic mass is 10.1. The van der Waals surface area contributed by atoms with Crippen LogP contribution >= 0.6 is 0 Å². The summed E-state index contributed by atoms with van der Waals surface area (Å²) in [7, 11) is 0. The molecule has 0 fully saturated rings. The SMILES string of the molecule is O=C(O)c1ccc2c(c1)CCN2Cc1ccccn1. The first-order valence-corrected chi connectivity index (χ1v) is 6.25. The number of benzene rings is 1. The molecule has 96 valence electrons. The van der Waals surface area contributed by atoms with Gasteiger partial charge in [0, 0.05) is 18.4 Å². The fourth-order valence-electron chi connectivity index (χ4n) is 2.45. The number of rotatable bonds is 3. The molecule has 0 unspecified atom stereocenters. The van der Waals surface area contributed by atoms with Gasteiger partial charge in [-0.05, 0) is 42.3 Å². The van der Waals surface area contributed by atoms with E-state index in [-0.39, 0.29) is 0 Å². The van der Waals surface area contributed by atoms with Crippen molar-refractivity contribution in [3.8, 4) is 0 Å². The number of carboxylic acid groups (broad SMARTS) is 1. The molecule has 0 radical (unpaired) electrons. The molecule has 0 spiro atoms. The number of pyridine rings is 1. The summed E-state index contributed by atoms with van der Waals surface area (Å²) in [6.07, 6.45) is 2.68. The summed E-state index contributed by atoms with van der Waals surface area (Å²) in [5.74, 6) is -0.869. The average Bonchev–Trinajstić information content (AvgIpc) is 2.82. The largest absolute Gasteiger partial charge is 0.478 e. The molecule has 4 heteroatoms. The van der Waals surface area contributed by atoms with Crippen LogP contribution in [0.2, 0.25) is 0 Å². The lowest BCUT2D eigenvalue weighted by molar-refractivity contribution is 0.0697.